The van der Waals surface area contributed by atoms with Crippen molar-refractivity contribution >= 4 is 17.9 Å². The number of carboxylic acid groups (broad SMARTS) is 1. The summed E-state index contributed by atoms with van der Waals surface area (Å²) < 4.78 is 11.0. The number of likely N-dealkylation sites (N-methyl/N-ethyl adjacent to an activating group) is 1. The van der Waals surface area contributed by atoms with Crippen molar-refractivity contribution < 1.29 is 33.4 Å². The van der Waals surface area contributed by atoms with Gasteiger partial charge < -0.3 is 19.1 Å². The first-order valence-corrected chi connectivity index (χ1v) is 7.87. The van der Waals surface area contributed by atoms with Crippen LogP contribution in [0.5, 0.6) is 0 Å². The van der Waals surface area contributed by atoms with Crippen LogP contribution in [0, 0.1) is 5.92 Å². The number of carbonyl (C=O) groups excluding carboxylic acids is 2. The van der Waals surface area contributed by atoms with Gasteiger partial charge in [0.2, 0.25) is 0 Å². The molecule has 1 N–H and O–H groups in total. The fourth-order valence-electron chi connectivity index (χ4n) is 1.98. The first kappa shape index (κ1) is 21.4. The summed E-state index contributed by atoms with van der Waals surface area (Å²) in [5, 5.41) is 8.52. The lowest BCUT2D eigenvalue weighted by atomic mass is 10.1. The number of carboxylic acids is 1. The molecule has 0 saturated heterocycles. The smallest absolute Gasteiger partial charge is 0.309 e. The number of hydrogen-bond acceptors (Lipinski definition) is 5. The van der Waals surface area contributed by atoms with E-state index < -0.39 is 18.0 Å². The molecule has 23 heavy (non-hydrogen) atoms. The molecular formula is C16H30NO6+. The summed E-state index contributed by atoms with van der Waals surface area (Å²) in [5.41, 5.74) is 0. The lowest BCUT2D eigenvalue weighted by Crippen LogP contribution is -2.44. The number of aliphatic carboxylic acids is 1. The molecule has 0 aromatic carbocycles. The maximum absolute atomic E-state index is 11.8. The summed E-state index contributed by atoms with van der Waals surface area (Å²) in [7, 11) is 5.84. The van der Waals surface area contributed by atoms with Crippen LogP contribution in [0.25, 0.3) is 0 Å². The summed E-state index contributed by atoms with van der Waals surface area (Å²) >= 11 is 0. The minimum atomic E-state index is -0.924. The molecule has 0 fully saturated rings. The molecule has 0 heterocycles. The van der Waals surface area contributed by atoms with Gasteiger partial charge in [0.15, 0.2) is 6.10 Å². The van der Waals surface area contributed by atoms with Gasteiger partial charge >= 0.3 is 17.9 Å². The third kappa shape index (κ3) is 13.7. The van der Waals surface area contributed by atoms with Gasteiger partial charge in [0.25, 0.3) is 0 Å². The Kier molecular flexibility index (Phi) is 9.48. The molecule has 0 rings (SSSR count). The summed E-state index contributed by atoms with van der Waals surface area (Å²) in [6.45, 7) is 4.40. The van der Waals surface area contributed by atoms with Crippen LogP contribution < -0.4 is 0 Å². The molecule has 0 amide bonds. The van der Waals surface area contributed by atoms with Crippen molar-refractivity contribution in [3.63, 3.8) is 0 Å². The van der Waals surface area contributed by atoms with Gasteiger partial charge in [-0.05, 0) is 12.3 Å². The average Bonchev–Trinajstić information content (AvgIpc) is 2.30. The van der Waals surface area contributed by atoms with Crippen molar-refractivity contribution in [2.24, 2.45) is 5.92 Å². The van der Waals surface area contributed by atoms with Crippen molar-refractivity contribution in [3.8, 4) is 0 Å². The molecule has 0 aliphatic carbocycles. The number of nitrogens with zero attached hydrogens (tertiary/aromatic N) is 1. The van der Waals surface area contributed by atoms with E-state index in [1.54, 1.807) is 0 Å². The third-order valence-corrected chi connectivity index (χ3v) is 2.82. The summed E-state index contributed by atoms with van der Waals surface area (Å²) in [5.74, 6) is -1.54. The molecule has 0 aliphatic heterocycles. The number of carbonyl (C=O) groups is 3. The highest BCUT2D eigenvalue weighted by molar-refractivity contribution is 5.72. The van der Waals surface area contributed by atoms with Crippen LogP contribution in [0.3, 0.4) is 0 Å². The molecule has 0 saturated carbocycles. The minimum absolute atomic E-state index is 0.0214. The van der Waals surface area contributed by atoms with Gasteiger partial charge in [-0.25, -0.2) is 0 Å². The monoisotopic (exact) mass is 332 g/mol. The number of ether oxygens (including phenoxy) is 2. The first-order chi connectivity index (χ1) is 10.5. The second kappa shape index (κ2) is 10.2. The van der Waals surface area contributed by atoms with E-state index in [0.717, 1.165) is 0 Å². The van der Waals surface area contributed by atoms with Gasteiger partial charge in [-0.15, -0.1) is 0 Å². The van der Waals surface area contributed by atoms with E-state index in [1.165, 1.54) is 0 Å². The maximum atomic E-state index is 11.8. The molecule has 7 nitrogen and oxygen atoms in total. The molecule has 0 aromatic rings. The minimum Gasteiger partial charge on any atom is -0.481 e. The van der Waals surface area contributed by atoms with E-state index in [-0.39, 0.29) is 37.8 Å². The van der Waals surface area contributed by atoms with Gasteiger partial charge in [-0.3, -0.25) is 14.4 Å². The Labute approximate surface area is 138 Å². The molecule has 0 aliphatic rings. The number of quaternary nitrogens is 1. The zero-order valence-corrected chi connectivity index (χ0v) is 14.8. The van der Waals surface area contributed by atoms with Gasteiger partial charge in [-0.2, -0.15) is 0 Å². The quantitative estimate of drug-likeness (QED) is 0.350. The van der Waals surface area contributed by atoms with E-state index in [2.05, 4.69) is 0 Å². The van der Waals surface area contributed by atoms with E-state index in [1.807, 2.05) is 35.0 Å². The summed E-state index contributed by atoms with van der Waals surface area (Å²) in [6, 6.07) is 0. The van der Waals surface area contributed by atoms with Crippen LogP contribution in [0.1, 0.15) is 39.5 Å². The molecule has 0 bridgehead atoms. The summed E-state index contributed by atoms with van der Waals surface area (Å²) in [6.07, 6.45) is -0.0332. The molecule has 0 unspecified atom stereocenters. The number of rotatable bonds is 11. The normalized spacial score (nSPS) is 12.8. The highest BCUT2D eigenvalue weighted by Gasteiger charge is 2.25. The lowest BCUT2D eigenvalue weighted by molar-refractivity contribution is -0.873. The SMILES string of the molecule is CC(C)CC(=O)O[C@H](CC(=O)OCCCC(=O)O)C[N+](C)(C)C. The molecule has 0 spiro atoms. The molecule has 7 heteroatoms. The molecule has 1 atom stereocenters. The molecular weight excluding hydrogens is 302 g/mol. The van der Waals surface area contributed by atoms with Gasteiger partial charge in [-0.1, -0.05) is 13.8 Å². The van der Waals surface area contributed by atoms with Crippen LogP contribution >= 0.6 is 0 Å². The summed E-state index contributed by atoms with van der Waals surface area (Å²) in [4.78, 5) is 34.0. The van der Waals surface area contributed by atoms with Gasteiger partial charge in [0.05, 0.1) is 34.2 Å². The van der Waals surface area contributed by atoms with E-state index in [4.69, 9.17) is 14.6 Å². The van der Waals surface area contributed by atoms with Crippen molar-refractivity contribution in [1.82, 2.24) is 0 Å². The van der Waals surface area contributed by atoms with Gasteiger partial charge in [0, 0.05) is 12.8 Å². The Morgan fingerprint density at radius 3 is 2.13 bits per heavy atom. The Balaban J connectivity index is 4.42. The maximum Gasteiger partial charge on any atom is 0.309 e. The topological polar surface area (TPSA) is 89.9 Å². The Morgan fingerprint density at radius 1 is 1.04 bits per heavy atom. The van der Waals surface area contributed by atoms with E-state index >= 15 is 0 Å². The van der Waals surface area contributed by atoms with Gasteiger partial charge in [0.1, 0.15) is 6.54 Å². The zero-order valence-electron chi connectivity index (χ0n) is 14.8. The highest BCUT2D eigenvalue weighted by atomic mass is 16.6. The van der Waals surface area contributed by atoms with E-state index in [9.17, 15) is 14.4 Å². The Hall–Kier alpha value is -1.63. The molecule has 0 aromatic heterocycles. The predicted octanol–water partition coefficient (Wildman–Crippen LogP) is 1.45. The van der Waals surface area contributed by atoms with Crippen molar-refractivity contribution in [2.75, 3.05) is 34.3 Å². The second-order valence-corrected chi connectivity index (χ2v) is 7.10. The predicted molar refractivity (Wildman–Crippen MR) is 84.7 cm³/mol. The van der Waals surface area contributed by atoms with Crippen molar-refractivity contribution in [3.05, 3.63) is 0 Å². The number of esters is 2. The fourth-order valence-corrected chi connectivity index (χ4v) is 1.98. The van der Waals surface area contributed by atoms with Crippen molar-refractivity contribution in [1.29, 1.82) is 0 Å². The largest absolute Gasteiger partial charge is 0.481 e. The van der Waals surface area contributed by atoms with Crippen LogP contribution in [-0.2, 0) is 23.9 Å². The van der Waals surface area contributed by atoms with Crippen LogP contribution in [-0.4, -0.2) is 67.9 Å². The lowest BCUT2D eigenvalue weighted by Gasteiger charge is -2.28. The first-order valence-electron chi connectivity index (χ1n) is 7.87. The standard InChI is InChI=1S/C16H29NO6/c1-12(2)9-16(21)23-13(11-17(3,4)5)10-15(20)22-8-6-7-14(18)19/h12-13H,6-11H2,1-5H3/p+1/t13-/m1/s1. The number of hydrogen-bond donors (Lipinski definition) is 1. The fraction of sp³-hybridized carbons (Fsp3) is 0.812. The van der Waals surface area contributed by atoms with E-state index in [0.29, 0.717) is 17.4 Å². The van der Waals surface area contributed by atoms with Crippen molar-refractivity contribution in [2.45, 2.75) is 45.6 Å². The third-order valence-electron chi connectivity index (χ3n) is 2.82. The second-order valence-electron chi connectivity index (χ2n) is 7.10. The van der Waals surface area contributed by atoms with Crippen LogP contribution in [0.15, 0.2) is 0 Å². The van der Waals surface area contributed by atoms with Crippen LogP contribution in [0.4, 0.5) is 0 Å². The zero-order chi connectivity index (χ0) is 18.0. The highest BCUT2D eigenvalue weighted by Crippen LogP contribution is 2.10. The Morgan fingerprint density at radius 2 is 1.65 bits per heavy atom. The molecule has 134 valence electrons. The Bertz CT molecular complexity index is 400. The van der Waals surface area contributed by atoms with Crippen LogP contribution in [0.2, 0.25) is 0 Å². The molecule has 0 radical (unpaired) electrons. The average molecular weight is 332 g/mol.